The molecule has 5 rings (SSSR count). The van der Waals surface area contributed by atoms with Crippen molar-refractivity contribution in [3.63, 3.8) is 0 Å². The Morgan fingerprint density at radius 2 is 1.91 bits per heavy atom. The third-order valence-electron chi connectivity index (χ3n) is 6.12. The molecule has 1 aliphatic rings. The third-order valence-corrected chi connectivity index (χ3v) is 6.47. The minimum absolute atomic E-state index is 0.0562. The monoisotopic (exact) mass is 482 g/mol. The van der Waals surface area contributed by atoms with Crippen LogP contribution in [0, 0.1) is 6.92 Å². The number of anilines is 1. The van der Waals surface area contributed by atoms with Crippen molar-refractivity contribution in [1.82, 2.24) is 24.8 Å². The van der Waals surface area contributed by atoms with Gasteiger partial charge in [-0.05, 0) is 67.7 Å². The number of nitrogens with zero attached hydrogens (tertiary/aromatic N) is 4. The molecule has 2 atom stereocenters. The van der Waals surface area contributed by atoms with Crippen molar-refractivity contribution >= 4 is 28.9 Å². The van der Waals surface area contributed by atoms with Gasteiger partial charge in [-0.25, -0.2) is 0 Å². The van der Waals surface area contributed by atoms with Crippen LogP contribution in [0.15, 0.2) is 91.5 Å². The molecule has 3 aromatic heterocycles. The van der Waals surface area contributed by atoms with E-state index in [1.165, 1.54) is 0 Å². The van der Waals surface area contributed by atoms with E-state index in [1.54, 1.807) is 12.4 Å². The lowest BCUT2D eigenvalue weighted by Crippen LogP contribution is -2.33. The normalized spacial score (nSPS) is 17.3. The summed E-state index contributed by atoms with van der Waals surface area (Å²) < 4.78 is 2.11. The van der Waals surface area contributed by atoms with Crippen LogP contribution in [0.5, 0.6) is 0 Å². The quantitative estimate of drug-likeness (QED) is 0.376. The lowest BCUT2D eigenvalue weighted by Gasteiger charge is -2.28. The van der Waals surface area contributed by atoms with Crippen LogP contribution in [-0.2, 0) is 4.79 Å². The fourth-order valence-corrected chi connectivity index (χ4v) is 4.75. The second-order valence-corrected chi connectivity index (χ2v) is 8.89. The number of hydrogen-bond donors (Lipinski definition) is 2. The Kier molecular flexibility index (Phi) is 6.54. The number of pyridine rings is 2. The van der Waals surface area contributed by atoms with Crippen molar-refractivity contribution in [3.8, 4) is 5.69 Å². The third kappa shape index (κ3) is 4.93. The zero-order valence-corrected chi connectivity index (χ0v) is 20.2. The molecule has 0 radical (unpaired) electrons. The molecule has 2 unspecified atom stereocenters. The summed E-state index contributed by atoms with van der Waals surface area (Å²) in [6.45, 7) is 2.49. The first-order chi connectivity index (χ1) is 17.1. The molecule has 1 amide bonds. The van der Waals surface area contributed by atoms with Crippen molar-refractivity contribution < 1.29 is 4.79 Å². The Morgan fingerprint density at radius 1 is 1.06 bits per heavy atom. The predicted octanol–water partition coefficient (Wildman–Crippen LogP) is 4.58. The number of amides is 1. The molecule has 1 aromatic carbocycles. The van der Waals surface area contributed by atoms with Crippen LogP contribution in [0.25, 0.3) is 5.69 Å². The summed E-state index contributed by atoms with van der Waals surface area (Å²) in [6, 6.07) is 21.4. The van der Waals surface area contributed by atoms with Crippen LogP contribution in [0.1, 0.15) is 35.5 Å². The minimum atomic E-state index is -0.158. The number of benzene rings is 1. The predicted molar refractivity (Wildman–Crippen MR) is 140 cm³/mol. The summed E-state index contributed by atoms with van der Waals surface area (Å²) in [4.78, 5) is 23.7. The fraction of sp³-hybridized carbons (Fsp3) is 0.185. The van der Waals surface area contributed by atoms with Gasteiger partial charge in [0.05, 0.1) is 29.7 Å². The molecular weight excluding hydrogens is 456 g/mol. The maximum absolute atomic E-state index is 12.8. The Hall–Kier alpha value is -4.04. The number of thiocarbonyl (C=S) groups is 1. The maximum Gasteiger partial charge on any atom is 0.226 e. The molecule has 2 N–H and O–H groups in total. The van der Waals surface area contributed by atoms with Gasteiger partial charge < -0.3 is 20.1 Å². The smallest absolute Gasteiger partial charge is 0.226 e. The van der Waals surface area contributed by atoms with Crippen LogP contribution in [0.4, 0.5) is 5.69 Å². The number of carbonyl (C=O) groups excluding carboxylic acids is 1. The number of aryl methyl sites for hydroxylation is 1. The number of nitrogens with one attached hydrogen (secondary N) is 2. The molecule has 0 bridgehead atoms. The zero-order chi connectivity index (χ0) is 24.2. The average Bonchev–Trinajstić information content (AvgIpc) is 3.49. The molecule has 1 aliphatic heterocycles. The van der Waals surface area contributed by atoms with Gasteiger partial charge in [0.2, 0.25) is 5.91 Å². The molecule has 0 spiro atoms. The van der Waals surface area contributed by atoms with Gasteiger partial charge >= 0.3 is 0 Å². The highest BCUT2D eigenvalue weighted by molar-refractivity contribution is 7.80. The molecule has 35 heavy (non-hydrogen) atoms. The van der Waals surface area contributed by atoms with Crippen molar-refractivity contribution in [2.75, 3.05) is 11.9 Å². The Labute approximate surface area is 209 Å². The summed E-state index contributed by atoms with van der Waals surface area (Å²) in [5.41, 5.74) is 4.83. The topological polar surface area (TPSA) is 75.1 Å². The van der Waals surface area contributed by atoms with Crippen LogP contribution in [-0.4, -0.2) is 37.0 Å². The van der Waals surface area contributed by atoms with E-state index in [9.17, 15) is 4.79 Å². The number of rotatable bonds is 7. The maximum atomic E-state index is 12.8. The lowest BCUT2D eigenvalue weighted by molar-refractivity contribution is -0.116. The Balaban J connectivity index is 1.42. The highest BCUT2D eigenvalue weighted by Crippen LogP contribution is 2.39. The van der Waals surface area contributed by atoms with Gasteiger partial charge in [-0.15, -0.1) is 0 Å². The Morgan fingerprint density at radius 3 is 2.66 bits per heavy atom. The SMILES string of the molecule is Cc1ccc(NC(=O)CCN2C(=S)NC(c3ccccn3)C2c2cccn2-c2cccnc2)cc1. The Bertz CT molecular complexity index is 1310. The summed E-state index contributed by atoms with van der Waals surface area (Å²) >= 11 is 5.76. The molecule has 4 aromatic rings. The van der Waals surface area contributed by atoms with Crippen molar-refractivity contribution in [1.29, 1.82) is 0 Å². The number of hydrogen-bond acceptors (Lipinski definition) is 4. The van der Waals surface area contributed by atoms with Gasteiger partial charge in [0.1, 0.15) is 0 Å². The van der Waals surface area contributed by atoms with E-state index >= 15 is 0 Å². The fourth-order valence-electron chi connectivity index (χ4n) is 4.42. The molecule has 1 fully saturated rings. The van der Waals surface area contributed by atoms with Gasteiger partial charge in [-0.2, -0.15) is 0 Å². The molecule has 4 heterocycles. The average molecular weight is 483 g/mol. The molecule has 8 heteroatoms. The van der Waals surface area contributed by atoms with Crippen LogP contribution < -0.4 is 10.6 Å². The first-order valence-corrected chi connectivity index (χ1v) is 11.9. The van der Waals surface area contributed by atoms with Crippen LogP contribution in [0.2, 0.25) is 0 Å². The minimum Gasteiger partial charge on any atom is -0.352 e. The van der Waals surface area contributed by atoms with Crippen molar-refractivity contribution in [3.05, 3.63) is 108 Å². The van der Waals surface area contributed by atoms with E-state index in [1.807, 2.05) is 80.0 Å². The zero-order valence-electron chi connectivity index (χ0n) is 19.3. The lowest BCUT2D eigenvalue weighted by atomic mass is 10.0. The van der Waals surface area contributed by atoms with Gasteiger partial charge in [0.25, 0.3) is 0 Å². The molecule has 176 valence electrons. The molecule has 7 nitrogen and oxygen atoms in total. The van der Waals surface area contributed by atoms with E-state index in [0.29, 0.717) is 18.1 Å². The second kappa shape index (κ2) is 10.1. The highest BCUT2D eigenvalue weighted by Gasteiger charge is 2.41. The summed E-state index contributed by atoms with van der Waals surface area (Å²) in [5.74, 6) is -0.0562. The first-order valence-electron chi connectivity index (χ1n) is 11.5. The summed E-state index contributed by atoms with van der Waals surface area (Å²) in [6.07, 6.45) is 7.70. The van der Waals surface area contributed by atoms with Gasteiger partial charge in [0.15, 0.2) is 5.11 Å². The molecule has 0 saturated carbocycles. The van der Waals surface area contributed by atoms with E-state index < -0.39 is 0 Å². The van der Waals surface area contributed by atoms with E-state index in [2.05, 4.69) is 36.1 Å². The van der Waals surface area contributed by atoms with E-state index in [-0.39, 0.29) is 18.0 Å². The summed E-state index contributed by atoms with van der Waals surface area (Å²) in [5, 5.41) is 7.04. The van der Waals surface area contributed by atoms with E-state index in [4.69, 9.17) is 12.2 Å². The van der Waals surface area contributed by atoms with Crippen molar-refractivity contribution in [2.45, 2.75) is 25.4 Å². The number of carbonyl (C=O) groups is 1. The first kappa shape index (κ1) is 22.7. The van der Waals surface area contributed by atoms with Gasteiger partial charge in [-0.1, -0.05) is 23.8 Å². The van der Waals surface area contributed by atoms with Crippen molar-refractivity contribution in [2.24, 2.45) is 0 Å². The standard InChI is InChI=1S/C27H26N6OS/c1-19-9-11-20(12-10-19)30-24(34)13-17-33-26(25(31-27(33)35)22-7-2-3-15-29-22)23-8-5-16-32(23)21-6-4-14-28-18-21/h2-12,14-16,18,25-26H,13,17H2,1H3,(H,30,34)(H,31,35). The molecule has 1 saturated heterocycles. The molecule has 0 aliphatic carbocycles. The largest absolute Gasteiger partial charge is 0.352 e. The highest BCUT2D eigenvalue weighted by atomic mass is 32.1. The molecular formula is C27H26N6OS. The van der Waals surface area contributed by atoms with Gasteiger partial charge in [-0.3, -0.25) is 14.8 Å². The van der Waals surface area contributed by atoms with E-state index in [0.717, 1.165) is 28.3 Å². The van der Waals surface area contributed by atoms with Gasteiger partial charge in [0, 0.05) is 42.9 Å². The van der Waals surface area contributed by atoms with Crippen LogP contribution in [0.3, 0.4) is 0 Å². The summed E-state index contributed by atoms with van der Waals surface area (Å²) in [7, 11) is 0. The second-order valence-electron chi connectivity index (χ2n) is 8.50. The van der Waals surface area contributed by atoms with Crippen LogP contribution >= 0.6 is 12.2 Å². The number of aromatic nitrogens is 3.